The van der Waals surface area contributed by atoms with E-state index in [4.69, 9.17) is 0 Å². The molecule has 2 rings (SSSR count). The summed E-state index contributed by atoms with van der Waals surface area (Å²) in [4.78, 5) is 16.2. The summed E-state index contributed by atoms with van der Waals surface area (Å²) in [6.07, 6.45) is 0.770. The van der Waals surface area contributed by atoms with E-state index in [1.807, 2.05) is 25.1 Å². The Balaban J connectivity index is 0.00000364. The zero-order valence-corrected chi connectivity index (χ0v) is 17.9. The van der Waals surface area contributed by atoms with Gasteiger partial charge in [0.2, 0.25) is 0 Å². The van der Waals surface area contributed by atoms with E-state index in [0.717, 1.165) is 24.1 Å². The number of amides is 1. The Morgan fingerprint density at radius 3 is 2.48 bits per heavy atom. The number of benzene rings is 2. The molecule has 0 spiro atoms. The predicted octanol–water partition coefficient (Wildman–Crippen LogP) is 3.10. The quantitative estimate of drug-likeness (QED) is 0.322. The number of aliphatic imine (C=N–C) groups is 1. The molecule has 0 aliphatic carbocycles. The second kappa shape index (κ2) is 12.3. The maximum Gasteiger partial charge on any atom is 0.251 e. The number of carbonyl (C=O) groups is 1. The number of hydrogen-bond donors (Lipinski definition) is 3. The van der Waals surface area contributed by atoms with Gasteiger partial charge < -0.3 is 16.0 Å². The summed E-state index contributed by atoms with van der Waals surface area (Å²) < 4.78 is 12.9. The summed E-state index contributed by atoms with van der Waals surface area (Å²) in [7, 11) is 1.62. The van der Waals surface area contributed by atoms with Crippen LogP contribution in [0.4, 0.5) is 4.39 Å². The van der Waals surface area contributed by atoms with Crippen molar-refractivity contribution < 1.29 is 9.18 Å². The van der Waals surface area contributed by atoms with Crippen molar-refractivity contribution in [1.82, 2.24) is 16.0 Å². The molecule has 27 heavy (non-hydrogen) atoms. The Labute approximate surface area is 176 Å². The predicted molar refractivity (Wildman–Crippen MR) is 118 cm³/mol. The Bertz CT molecular complexity index is 750. The van der Waals surface area contributed by atoms with E-state index in [2.05, 4.69) is 20.9 Å². The first-order chi connectivity index (χ1) is 12.6. The Morgan fingerprint density at radius 2 is 1.81 bits per heavy atom. The van der Waals surface area contributed by atoms with Gasteiger partial charge in [0.05, 0.1) is 6.54 Å². The van der Waals surface area contributed by atoms with Crippen molar-refractivity contribution in [1.29, 1.82) is 0 Å². The number of guanidine groups is 1. The van der Waals surface area contributed by atoms with Gasteiger partial charge in [0.15, 0.2) is 5.96 Å². The van der Waals surface area contributed by atoms with E-state index in [-0.39, 0.29) is 35.7 Å². The highest BCUT2D eigenvalue weighted by Gasteiger charge is 2.04. The molecule has 0 aliphatic rings. The first-order valence-electron chi connectivity index (χ1n) is 8.70. The monoisotopic (exact) mass is 484 g/mol. The molecular formula is C20H26FIN4O. The molecule has 0 aliphatic heterocycles. The van der Waals surface area contributed by atoms with Gasteiger partial charge in [-0.25, -0.2) is 9.38 Å². The normalized spacial score (nSPS) is 10.7. The lowest BCUT2D eigenvalue weighted by atomic mass is 10.1. The van der Waals surface area contributed by atoms with Crippen molar-refractivity contribution in [2.75, 3.05) is 20.1 Å². The summed E-state index contributed by atoms with van der Waals surface area (Å²) in [5.41, 5.74) is 2.68. The third-order valence-corrected chi connectivity index (χ3v) is 3.80. The van der Waals surface area contributed by atoms with Crippen LogP contribution in [0, 0.1) is 5.82 Å². The van der Waals surface area contributed by atoms with Crippen LogP contribution in [0.1, 0.15) is 28.4 Å². The van der Waals surface area contributed by atoms with Crippen LogP contribution in [0.25, 0.3) is 0 Å². The molecule has 0 fully saturated rings. The summed E-state index contributed by atoms with van der Waals surface area (Å²) >= 11 is 0. The van der Waals surface area contributed by atoms with Crippen LogP contribution in [-0.2, 0) is 13.0 Å². The van der Waals surface area contributed by atoms with Crippen molar-refractivity contribution >= 4 is 35.8 Å². The summed E-state index contributed by atoms with van der Waals surface area (Å²) in [5.74, 6) is 0.370. The van der Waals surface area contributed by atoms with Crippen molar-refractivity contribution in [2.45, 2.75) is 19.9 Å². The lowest BCUT2D eigenvalue weighted by molar-refractivity contribution is 0.0963. The minimum Gasteiger partial charge on any atom is -0.357 e. The first kappa shape index (κ1) is 22.9. The molecule has 146 valence electrons. The summed E-state index contributed by atoms with van der Waals surface area (Å²) in [5, 5.41) is 9.10. The van der Waals surface area contributed by atoms with Crippen molar-refractivity contribution in [3.05, 3.63) is 71.0 Å². The van der Waals surface area contributed by atoms with Crippen LogP contribution in [0.5, 0.6) is 0 Å². The van der Waals surface area contributed by atoms with Crippen molar-refractivity contribution in [3.8, 4) is 0 Å². The SMILES string of the molecule is CCNC(=NCc1ccc(F)cc1)NCCc1cccc(C(=O)NC)c1.I. The van der Waals surface area contributed by atoms with Crippen LogP contribution in [0.2, 0.25) is 0 Å². The van der Waals surface area contributed by atoms with Crippen LogP contribution in [0.15, 0.2) is 53.5 Å². The fourth-order valence-corrected chi connectivity index (χ4v) is 2.44. The average Bonchev–Trinajstić information content (AvgIpc) is 2.67. The van der Waals surface area contributed by atoms with Gasteiger partial charge in [0.1, 0.15) is 5.82 Å². The van der Waals surface area contributed by atoms with E-state index >= 15 is 0 Å². The number of carbonyl (C=O) groups excluding carboxylic acids is 1. The molecule has 0 atom stereocenters. The molecule has 0 unspecified atom stereocenters. The Morgan fingerprint density at radius 1 is 1.07 bits per heavy atom. The van der Waals surface area contributed by atoms with E-state index < -0.39 is 0 Å². The topological polar surface area (TPSA) is 65.5 Å². The maximum absolute atomic E-state index is 12.9. The van der Waals surface area contributed by atoms with Crippen molar-refractivity contribution in [3.63, 3.8) is 0 Å². The number of halogens is 2. The summed E-state index contributed by atoms with van der Waals surface area (Å²) in [6, 6.07) is 13.9. The van der Waals surface area contributed by atoms with Gasteiger partial charge in [-0.05, 0) is 48.7 Å². The fourth-order valence-electron chi connectivity index (χ4n) is 2.44. The third-order valence-electron chi connectivity index (χ3n) is 3.80. The number of nitrogens with one attached hydrogen (secondary N) is 3. The molecular weight excluding hydrogens is 458 g/mol. The van der Waals surface area contributed by atoms with Crippen molar-refractivity contribution in [2.24, 2.45) is 4.99 Å². The highest BCUT2D eigenvalue weighted by Crippen LogP contribution is 2.06. The molecule has 3 N–H and O–H groups in total. The number of nitrogens with zero attached hydrogens (tertiary/aromatic N) is 1. The van der Waals surface area contributed by atoms with Gasteiger partial charge in [0.25, 0.3) is 5.91 Å². The Kier molecular flexibility index (Phi) is 10.4. The highest BCUT2D eigenvalue weighted by molar-refractivity contribution is 14.0. The smallest absolute Gasteiger partial charge is 0.251 e. The maximum atomic E-state index is 12.9. The van der Waals surface area contributed by atoms with Crippen LogP contribution < -0.4 is 16.0 Å². The molecule has 5 nitrogen and oxygen atoms in total. The lowest BCUT2D eigenvalue weighted by Crippen LogP contribution is -2.38. The van der Waals surface area contributed by atoms with Gasteiger partial charge in [-0.1, -0.05) is 24.3 Å². The van der Waals surface area contributed by atoms with E-state index in [9.17, 15) is 9.18 Å². The minimum absolute atomic E-state index is 0. The molecule has 0 bridgehead atoms. The van der Waals surface area contributed by atoms with Crippen LogP contribution >= 0.6 is 24.0 Å². The van der Waals surface area contributed by atoms with E-state index in [1.165, 1.54) is 12.1 Å². The third kappa shape index (κ3) is 7.94. The minimum atomic E-state index is -0.248. The van der Waals surface area contributed by atoms with Gasteiger partial charge in [-0.3, -0.25) is 4.79 Å². The Hall–Kier alpha value is -2.16. The largest absolute Gasteiger partial charge is 0.357 e. The van der Waals surface area contributed by atoms with Crippen LogP contribution in [0.3, 0.4) is 0 Å². The molecule has 0 saturated carbocycles. The van der Waals surface area contributed by atoms with Gasteiger partial charge in [0, 0.05) is 25.7 Å². The molecule has 2 aromatic rings. The number of rotatable bonds is 7. The van der Waals surface area contributed by atoms with E-state index in [1.54, 1.807) is 25.2 Å². The second-order valence-electron chi connectivity index (χ2n) is 5.78. The zero-order chi connectivity index (χ0) is 18.8. The molecule has 0 radical (unpaired) electrons. The fraction of sp³-hybridized carbons (Fsp3) is 0.300. The lowest BCUT2D eigenvalue weighted by Gasteiger charge is -2.12. The van der Waals surface area contributed by atoms with Gasteiger partial charge in [-0.2, -0.15) is 0 Å². The molecule has 2 aromatic carbocycles. The first-order valence-corrected chi connectivity index (χ1v) is 8.70. The molecule has 0 aromatic heterocycles. The average molecular weight is 484 g/mol. The zero-order valence-electron chi connectivity index (χ0n) is 15.6. The van der Waals surface area contributed by atoms with Gasteiger partial charge >= 0.3 is 0 Å². The summed E-state index contributed by atoms with van der Waals surface area (Å²) in [6.45, 7) is 3.91. The van der Waals surface area contributed by atoms with Crippen LogP contribution in [-0.4, -0.2) is 32.0 Å². The molecule has 0 heterocycles. The second-order valence-corrected chi connectivity index (χ2v) is 5.78. The molecule has 7 heteroatoms. The number of hydrogen-bond acceptors (Lipinski definition) is 2. The van der Waals surface area contributed by atoms with Gasteiger partial charge in [-0.15, -0.1) is 24.0 Å². The molecule has 0 saturated heterocycles. The van der Waals surface area contributed by atoms with E-state index in [0.29, 0.717) is 24.6 Å². The highest BCUT2D eigenvalue weighted by atomic mass is 127. The standard InChI is InChI=1S/C20H25FN4O.HI/c1-3-23-20(25-14-16-7-9-18(21)10-8-16)24-12-11-15-5-4-6-17(13-15)19(26)22-2;/h4-10,13H,3,11-12,14H2,1-2H3,(H,22,26)(H2,23,24,25);1H. The molecule has 1 amide bonds.